The fraction of sp³-hybridized carbons (Fsp3) is 0.667. The van der Waals surface area contributed by atoms with Gasteiger partial charge in [-0.3, -0.25) is 0 Å². The zero-order valence-electron chi connectivity index (χ0n) is 5.89. The van der Waals surface area contributed by atoms with E-state index >= 15 is 0 Å². The largest absolute Gasteiger partial charge is 0.401 e. The fourth-order valence-corrected chi connectivity index (χ4v) is 0.414. The van der Waals surface area contributed by atoms with Gasteiger partial charge in [-0.25, -0.2) is 0 Å². The third-order valence-corrected chi connectivity index (χ3v) is 1.15. The zero-order valence-corrected chi connectivity index (χ0v) is 5.89. The Morgan fingerprint density at radius 2 is 2.44 bits per heavy atom. The van der Waals surface area contributed by atoms with E-state index < -0.39 is 0 Å². The molecule has 0 spiro atoms. The predicted octanol–water partition coefficient (Wildman–Crippen LogP) is -0.366. The van der Waals surface area contributed by atoms with Gasteiger partial charge in [0.05, 0.1) is 6.61 Å². The minimum atomic E-state index is 0.0532. The van der Waals surface area contributed by atoms with Crippen molar-refractivity contribution in [1.82, 2.24) is 5.32 Å². The lowest BCUT2D eigenvalue weighted by Crippen LogP contribution is -2.15. The lowest BCUT2D eigenvalue weighted by Gasteiger charge is -2.06. The molecule has 3 heteroatoms. The molecule has 0 bridgehead atoms. The smallest absolute Gasteiger partial charge is 0.0511 e. The quantitative estimate of drug-likeness (QED) is 0.488. The molecular formula is C6H14N2O. The first-order valence-electron chi connectivity index (χ1n) is 2.96. The average Bonchev–Trinajstić information content (AvgIpc) is 1.87. The molecule has 0 radical (unpaired) electrons. The molecule has 0 aliphatic rings. The normalized spacial score (nSPS) is 15.2. The Morgan fingerprint density at radius 1 is 1.89 bits per heavy atom. The third kappa shape index (κ3) is 2.98. The molecule has 0 aliphatic heterocycles. The number of aliphatic hydroxyl groups excluding tert-OH is 1. The van der Waals surface area contributed by atoms with Crippen LogP contribution in [0.2, 0.25) is 0 Å². The summed E-state index contributed by atoms with van der Waals surface area (Å²) in [6, 6.07) is 0. The molecule has 0 fully saturated rings. The summed E-state index contributed by atoms with van der Waals surface area (Å²) in [5, 5.41) is 11.4. The fourth-order valence-electron chi connectivity index (χ4n) is 0.414. The first-order valence-corrected chi connectivity index (χ1v) is 2.96. The standard InChI is InChI=1S/C6H14N2O/c1-5(4-9)6(7)3-8-2/h3,5,8-9H,4,7H2,1-2H3/b6-3-. The Hall–Kier alpha value is -0.700. The number of nitrogens with one attached hydrogen (secondary N) is 1. The minimum Gasteiger partial charge on any atom is -0.401 e. The Morgan fingerprint density at radius 3 is 2.78 bits per heavy atom. The number of rotatable bonds is 3. The van der Waals surface area contributed by atoms with Crippen molar-refractivity contribution in [2.45, 2.75) is 6.92 Å². The molecule has 4 N–H and O–H groups in total. The lowest BCUT2D eigenvalue weighted by molar-refractivity contribution is 0.255. The van der Waals surface area contributed by atoms with Gasteiger partial charge in [0.15, 0.2) is 0 Å². The van der Waals surface area contributed by atoms with Gasteiger partial charge in [0.25, 0.3) is 0 Å². The van der Waals surface area contributed by atoms with E-state index in [9.17, 15) is 0 Å². The summed E-state index contributed by atoms with van der Waals surface area (Å²) in [4.78, 5) is 0. The van der Waals surface area contributed by atoms with Gasteiger partial charge in [0.2, 0.25) is 0 Å². The van der Waals surface area contributed by atoms with E-state index in [0.29, 0.717) is 5.70 Å². The van der Waals surface area contributed by atoms with Gasteiger partial charge in [-0.1, -0.05) is 6.92 Å². The van der Waals surface area contributed by atoms with Gasteiger partial charge in [0.1, 0.15) is 0 Å². The van der Waals surface area contributed by atoms with E-state index in [2.05, 4.69) is 5.32 Å². The van der Waals surface area contributed by atoms with Gasteiger partial charge >= 0.3 is 0 Å². The number of hydrogen-bond acceptors (Lipinski definition) is 3. The van der Waals surface area contributed by atoms with Crippen molar-refractivity contribution in [2.75, 3.05) is 13.7 Å². The molecular weight excluding hydrogens is 116 g/mol. The molecule has 0 rings (SSSR count). The maximum atomic E-state index is 8.58. The van der Waals surface area contributed by atoms with Crippen molar-refractivity contribution >= 4 is 0 Å². The number of hydrogen-bond donors (Lipinski definition) is 3. The van der Waals surface area contributed by atoms with Crippen molar-refractivity contribution in [2.24, 2.45) is 11.7 Å². The van der Waals surface area contributed by atoms with Crippen LogP contribution in [0.15, 0.2) is 11.9 Å². The van der Waals surface area contributed by atoms with E-state index in [4.69, 9.17) is 10.8 Å². The summed E-state index contributed by atoms with van der Waals surface area (Å²) in [5.74, 6) is 0.0532. The maximum absolute atomic E-state index is 8.58. The van der Waals surface area contributed by atoms with Crippen LogP contribution in [0, 0.1) is 5.92 Å². The van der Waals surface area contributed by atoms with Gasteiger partial charge in [0, 0.05) is 24.9 Å². The summed E-state index contributed by atoms with van der Waals surface area (Å²) >= 11 is 0. The summed E-state index contributed by atoms with van der Waals surface area (Å²) in [5.41, 5.74) is 6.16. The van der Waals surface area contributed by atoms with Gasteiger partial charge in [-0.2, -0.15) is 0 Å². The lowest BCUT2D eigenvalue weighted by atomic mass is 10.1. The molecule has 0 amide bonds. The van der Waals surface area contributed by atoms with Crippen LogP contribution < -0.4 is 11.1 Å². The van der Waals surface area contributed by atoms with Crippen molar-refractivity contribution in [3.8, 4) is 0 Å². The topological polar surface area (TPSA) is 58.3 Å². The summed E-state index contributed by atoms with van der Waals surface area (Å²) in [7, 11) is 1.77. The maximum Gasteiger partial charge on any atom is 0.0511 e. The second-order valence-corrected chi connectivity index (χ2v) is 2.02. The molecule has 0 aromatic heterocycles. The Kier molecular flexibility index (Phi) is 3.88. The molecule has 3 nitrogen and oxygen atoms in total. The van der Waals surface area contributed by atoms with E-state index in [1.807, 2.05) is 6.92 Å². The molecule has 0 saturated heterocycles. The molecule has 1 atom stereocenters. The van der Waals surface area contributed by atoms with Crippen LogP contribution in [-0.2, 0) is 0 Å². The highest BCUT2D eigenvalue weighted by Crippen LogP contribution is 1.99. The van der Waals surface area contributed by atoms with Crippen molar-refractivity contribution < 1.29 is 5.11 Å². The molecule has 0 aliphatic carbocycles. The highest BCUT2D eigenvalue weighted by molar-refractivity contribution is 4.98. The Labute approximate surface area is 55.6 Å². The molecule has 1 unspecified atom stereocenters. The monoisotopic (exact) mass is 130 g/mol. The molecule has 9 heavy (non-hydrogen) atoms. The van der Waals surface area contributed by atoms with Crippen LogP contribution >= 0.6 is 0 Å². The van der Waals surface area contributed by atoms with Crippen molar-refractivity contribution in [1.29, 1.82) is 0 Å². The van der Waals surface area contributed by atoms with Gasteiger partial charge < -0.3 is 16.2 Å². The Balaban J connectivity index is 3.70. The molecule has 0 aromatic carbocycles. The van der Waals surface area contributed by atoms with Crippen LogP contribution in [-0.4, -0.2) is 18.8 Å². The SMILES string of the molecule is CN/C=C(\N)C(C)CO. The highest BCUT2D eigenvalue weighted by Gasteiger charge is 2.00. The van der Waals surface area contributed by atoms with E-state index in [0.717, 1.165) is 0 Å². The number of aliphatic hydroxyl groups is 1. The molecule has 54 valence electrons. The molecule has 0 aromatic rings. The minimum absolute atomic E-state index is 0.0532. The van der Waals surface area contributed by atoms with Crippen LogP contribution in [0.3, 0.4) is 0 Å². The van der Waals surface area contributed by atoms with Crippen LogP contribution in [0.5, 0.6) is 0 Å². The van der Waals surface area contributed by atoms with Crippen molar-refractivity contribution in [3.05, 3.63) is 11.9 Å². The third-order valence-electron chi connectivity index (χ3n) is 1.15. The summed E-state index contributed by atoms with van der Waals surface area (Å²) < 4.78 is 0. The molecule has 0 heterocycles. The second kappa shape index (κ2) is 4.21. The predicted molar refractivity (Wildman–Crippen MR) is 37.6 cm³/mol. The van der Waals surface area contributed by atoms with Crippen LogP contribution in [0.4, 0.5) is 0 Å². The highest BCUT2D eigenvalue weighted by atomic mass is 16.3. The first kappa shape index (κ1) is 8.30. The average molecular weight is 130 g/mol. The summed E-state index contributed by atoms with van der Waals surface area (Å²) in [6.45, 7) is 1.97. The van der Waals surface area contributed by atoms with Gasteiger partial charge in [-0.15, -0.1) is 0 Å². The van der Waals surface area contributed by atoms with Crippen LogP contribution in [0.1, 0.15) is 6.92 Å². The van der Waals surface area contributed by atoms with E-state index in [1.165, 1.54) is 0 Å². The van der Waals surface area contributed by atoms with Crippen LogP contribution in [0.25, 0.3) is 0 Å². The van der Waals surface area contributed by atoms with E-state index in [-0.39, 0.29) is 12.5 Å². The zero-order chi connectivity index (χ0) is 7.28. The summed E-state index contributed by atoms with van der Waals surface area (Å²) in [6.07, 6.45) is 1.68. The van der Waals surface area contributed by atoms with E-state index in [1.54, 1.807) is 13.2 Å². The molecule has 0 saturated carbocycles. The second-order valence-electron chi connectivity index (χ2n) is 2.02. The van der Waals surface area contributed by atoms with Crippen molar-refractivity contribution in [3.63, 3.8) is 0 Å². The number of nitrogens with two attached hydrogens (primary N) is 1. The van der Waals surface area contributed by atoms with Gasteiger partial charge in [-0.05, 0) is 0 Å². The Bertz CT molecular complexity index is 101. The first-order chi connectivity index (χ1) is 4.22.